The average Bonchev–Trinajstić information content (AvgIpc) is 2.44. The van der Waals surface area contributed by atoms with Gasteiger partial charge in [0.15, 0.2) is 0 Å². The van der Waals surface area contributed by atoms with Crippen molar-refractivity contribution in [2.75, 3.05) is 39.6 Å². The first-order valence-corrected chi connectivity index (χ1v) is 6.07. The Morgan fingerprint density at radius 2 is 2.10 bits per heavy atom. The number of aromatic carboxylic acids is 1. The first-order valence-electron chi connectivity index (χ1n) is 6.07. The van der Waals surface area contributed by atoms with Gasteiger partial charge in [-0.05, 0) is 25.2 Å². The Morgan fingerprint density at radius 1 is 1.40 bits per heavy atom. The molecule has 0 saturated carbocycles. The molecule has 0 aliphatic carbocycles. The van der Waals surface area contributed by atoms with Crippen molar-refractivity contribution in [1.82, 2.24) is 10.2 Å². The lowest BCUT2D eigenvalue weighted by atomic mass is 10.2. The van der Waals surface area contributed by atoms with Gasteiger partial charge in [-0.15, -0.1) is 0 Å². The van der Waals surface area contributed by atoms with Crippen LogP contribution in [0.25, 0.3) is 0 Å². The number of likely N-dealkylation sites (N-methyl/N-ethyl adjacent to an activating group) is 2. The van der Waals surface area contributed by atoms with Crippen LogP contribution in [0.4, 0.5) is 10.5 Å². The van der Waals surface area contributed by atoms with Gasteiger partial charge < -0.3 is 25.4 Å². The number of anilines is 1. The number of nitrogens with one attached hydrogen (secondary N) is 2. The molecule has 2 amide bonds. The van der Waals surface area contributed by atoms with E-state index in [-0.39, 0.29) is 11.6 Å². The Kier molecular flexibility index (Phi) is 5.79. The van der Waals surface area contributed by atoms with Crippen LogP contribution in [0.2, 0.25) is 0 Å². The summed E-state index contributed by atoms with van der Waals surface area (Å²) in [5.74, 6) is -0.656. The molecule has 0 atom stereocenters. The maximum absolute atomic E-state index is 12.0. The maximum atomic E-state index is 12.0. The lowest BCUT2D eigenvalue weighted by Gasteiger charge is -2.19. The number of ether oxygens (including phenoxy) is 1. The highest BCUT2D eigenvalue weighted by Gasteiger charge is 2.13. The van der Waals surface area contributed by atoms with Gasteiger partial charge >= 0.3 is 12.0 Å². The summed E-state index contributed by atoms with van der Waals surface area (Å²) < 4.78 is 5.10. The lowest BCUT2D eigenvalue weighted by molar-refractivity contribution is 0.0697. The normalized spacial score (nSPS) is 9.95. The van der Waals surface area contributed by atoms with Crippen LogP contribution in [-0.2, 0) is 0 Å². The van der Waals surface area contributed by atoms with Crippen molar-refractivity contribution in [2.24, 2.45) is 0 Å². The molecule has 0 spiro atoms. The zero-order valence-electron chi connectivity index (χ0n) is 11.8. The second-order valence-corrected chi connectivity index (χ2v) is 4.18. The first-order chi connectivity index (χ1) is 9.49. The zero-order valence-corrected chi connectivity index (χ0v) is 11.8. The number of carboxylic acids is 1. The number of hydrogen-bond acceptors (Lipinski definition) is 4. The number of carbonyl (C=O) groups excluding carboxylic acids is 1. The summed E-state index contributed by atoms with van der Waals surface area (Å²) in [6.07, 6.45) is 0. The third-order valence-corrected chi connectivity index (χ3v) is 2.73. The summed E-state index contributed by atoms with van der Waals surface area (Å²) in [6, 6.07) is 3.96. The largest absolute Gasteiger partial charge is 0.495 e. The van der Waals surface area contributed by atoms with Crippen LogP contribution in [0.5, 0.6) is 5.75 Å². The van der Waals surface area contributed by atoms with E-state index in [1.807, 2.05) is 0 Å². The minimum absolute atomic E-state index is 0.0824. The minimum Gasteiger partial charge on any atom is -0.495 e. The molecule has 7 heteroatoms. The van der Waals surface area contributed by atoms with Gasteiger partial charge in [0.2, 0.25) is 0 Å². The number of carbonyl (C=O) groups is 2. The highest BCUT2D eigenvalue weighted by atomic mass is 16.5. The highest BCUT2D eigenvalue weighted by Crippen LogP contribution is 2.25. The van der Waals surface area contributed by atoms with Crippen LogP contribution in [-0.4, -0.2) is 56.3 Å². The van der Waals surface area contributed by atoms with E-state index in [4.69, 9.17) is 9.84 Å². The van der Waals surface area contributed by atoms with Crippen LogP contribution in [0.3, 0.4) is 0 Å². The molecule has 0 aromatic heterocycles. The molecule has 1 aromatic carbocycles. The molecule has 1 aromatic rings. The Labute approximate surface area is 117 Å². The molecular weight excluding hydrogens is 262 g/mol. The molecular formula is C13H19N3O4. The predicted molar refractivity (Wildman–Crippen MR) is 75.5 cm³/mol. The van der Waals surface area contributed by atoms with Crippen molar-refractivity contribution in [3.63, 3.8) is 0 Å². The van der Waals surface area contributed by atoms with Crippen LogP contribution in [0.1, 0.15) is 10.4 Å². The van der Waals surface area contributed by atoms with Gasteiger partial charge in [-0.3, -0.25) is 0 Å². The van der Waals surface area contributed by atoms with Gasteiger partial charge in [-0.2, -0.15) is 0 Å². The molecule has 0 unspecified atom stereocenters. The molecule has 3 N–H and O–H groups in total. The van der Waals surface area contributed by atoms with E-state index in [0.29, 0.717) is 24.5 Å². The first kappa shape index (κ1) is 15.8. The molecule has 0 fully saturated rings. The average molecular weight is 281 g/mol. The van der Waals surface area contributed by atoms with Crippen molar-refractivity contribution in [2.45, 2.75) is 0 Å². The Morgan fingerprint density at radius 3 is 2.65 bits per heavy atom. The number of urea groups is 1. The van der Waals surface area contributed by atoms with Crippen molar-refractivity contribution < 1.29 is 19.4 Å². The van der Waals surface area contributed by atoms with Gasteiger partial charge in [0.1, 0.15) is 5.75 Å². The second kappa shape index (κ2) is 7.34. The van der Waals surface area contributed by atoms with Gasteiger partial charge in [0.25, 0.3) is 0 Å². The molecule has 1 rings (SSSR count). The summed E-state index contributed by atoms with van der Waals surface area (Å²) in [5, 5.41) is 14.5. The third-order valence-electron chi connectivity index (χ3n) is 2.73. The van der Waals surface area contributed by atoms with Crippen LogP contribution in [0.15, 0.2) is 18.2 Å². The van der Waals surface area contributed by atoms with Gasteiger partial charge in [-0.1, -0.05) is 0 Å². The molecule has 0 saturated heterocycles. The van der Waals surface area contributed by atoms with Crippen molar-refractivity contribution >= 4 is 17.7 Å². The molecule has 0 aliphatic rings. The molecule has 0 heterocycles. The Bertz CT molecular complexity index is 491. The van der Waals surface area contributed by atoms with E-state index in [0.717, 1.165) is 0 Å². The summed E-state index contributed by atoms with van der Waals surface area (Å²) in [7, 11) is 4.90. The SMILES string of the molecule is CNCCN(C)C(=O)Nc1cc(C(=O)O)ccc1OC. The second-order valence-electron chi connectivity index (χ2n) is 4.18. The molecule has 0 radical (unpaired) electrons. The fourth-order valence-corrected chi connectivity index (χ4v) is 1.53. The van der Waals surface area contributed by atoms with E-state index in [9.17, 15) is 9.59 Å². The number of methoxy groups -OCH3 is 1. The van der Waals surface area contributed by atoms with Crippen molar-refractivity contribution in [3.8, 4) is 5.75 Å². The number of carboxylic acid groups (broad SMARTS) is 1. The number of nitrogens with zero attached hydrogens (tertiary/aromatic N) is 1. The van der Waals surface area contributed by atoms with Crippen molar-refractivity contribution in [3.05, 3.63) is 23.8 Å². The van der Waals surface area contributed by atoms with Crippen LogP contribution >= 0.6 is 0 Å². The zero-order chi connectivity index (χ0) is 15.1. The summed E-state index contributed by atoms with van der Waals surface area (Å²) in [4.78, 5) is 24.4. The quantitative estimate of drug-likeness (QED) is 0.725. The van der Waals surface area contributed by atoms with E-state index < -0.39 is 5.97 Å². The topological polar surface area (TPSA) is 90.9 Å². The molecule has 7 nitrogen and oxygen atoms in total. The van der Waals surface area contributed by atoms with E-state index in [1.54, 1.807) is 14.1 Å². The fourth-order valence-electron chi connectivity index (χ4n) is 1.53. The summed E-state index contributed by atoms with van der Waals surface area (Å²) in [6.45, 7) is 1.19. The minimum atomic E-state index is -1.06. The van der Waals surface area contributed by atoms with E-state index in [2.05, 4.69) is 10.6 Å². The monoisotopic (exact) mass is 281 g/mol. The van der Waals surface area contributed by atoms with E-state index in [1.165, 1.54) is 30.2 Å². The smallest absolute Gasteiger partial charge is 0.335 e. The summed E-state index contributed by atoms with van der Waals surface area (Å²) >= 11 is 0. The summed E-state index contributed by atoms with van der Waals surface area (Å²) in [5.41, 5.74) is 0.410. The fraction of sp³-hybridized carbons (Fsp3) is 0.385. The number of benzene rings is 1. The van der Waals surface area contributed by atoms with Crippen LogP contribution in [0, 0.1) is 0 Å². The third kappa shape index (κ3) is 4.13. The number of rotatable bonds is 6. The van der Waals surface area contributed by atoms with Crippen molar-refractivity contribution in [1.29, 1.82) is 0 Å². The maximum Gasteiger partial charge on any atom is 0.335 e. The molecule has 110 valence electrons. The molecule has 20 heavy (non-hydrogen) atoms. The molecule has 0 aliphatic heterocycles. The van der Waals surface area contributed by atoms with Crippen LogP contribution < -0.4 is 15.4 Å². The van der Waals surface area contributed by atoms with Gasteiger partial charge in [0, 0.05) is 20.1 Å². The van der Waals surface area contributed by atoms with Gasteiger partial charge in [0.05, 0.1) is 18.4 Å². The Hall–Kier alpha value is -2.28. The lowest BCUT2D eigenvalue weighted by Crippen LogP contribution is -2.36. The van der Waals surface area contributed by atoms with E-state index >= 15 is 0 Å². The molecule has 0 bridgehead atoms. The highest BCUT2D eigenvalue weighted by molar-refractivity contribution is 5.94. The standard InChI is InChI=1S/C13H19N3O4/c1-14-6-7-16(2)13(19)15-10-8-9(12(17)18)4-5-11(10)20-3/h4-5,8,14H,6-7H2,1-3H3,(H,15,19)(H,17,18). The number of amides is 2. The van der Waals surface area contributed by atoms with Gasteiger partial charge in [-0.25, -0.2) is 9.59 Å². The number of hydrogen-bond donors (Lipinski definition) is 3. The Balaban J connectivity index is 2.86. The predicted octanol–water partition coefficient (Wildman–Crippen LogP) is 1.08.